The quantitative estimate of drug-likeness (QED) is 0.820. The van der Waals surface area contributed by atoms with Crippen LogP contribution >= 0.6 is 0 Å². The molecule has 0 aliphatic carbocycles. The molecule has 0 spiro atoms. The topological polar surface area (TPSA) is 63.2 Å². The summed E-state index contributed by atoms with van der Waals surface area (Å²) in [7, 11) is 0. The Kier molecular flexibility index (Phi) is 4.38. The van der Waals surface area contributed by atoms with E-state index in [9.17, 15) is 4.91 Å². The van der Waals surface area contributed by atoms with Gasteiger partial charge in [-0.15, -0.1) is 4.91 Å². The minimum atomic E-state index is 0.517. The molecule has 0 amide bonds. The molecule has 0 bridgehead atoms. The third-order valence-corrected chi connectivity index (χ3v) is 3.36. The Morgan fingerprint density at radius 1 is 0.955 bits per heavy atom. The van der Waals surface area contributed by atoms with E-state index < -0.39 is 0 Å². The van der Waals surface area contributed by atoms with Crippen LogP contribution in [0, 0.1) is 4.91 Å². The van der Waals surface area contributed by atoms with Crippen molar-refractivity contribution < 1.29 is 9.47 Å². The number of rotatable bonds is 1. The molecule has 2 aromatic carbocycles. The summed E-state index contributed by atoms with van der Waals surface area (Å²) in [5.41, 5.74) is 1.85. The fourth-order valence-electron chi connectivity index (χ4n) is 2.33. The van der Waals surface area contributed by atoms with E-state index in [1.807, 2.05) is 48.5 Å². The fourth-order valence-corrected chi connectivity index (χ4v) is 2.33. The van der Waals surface area contributed by atoms with Crippen LogP contribution in [0.4, 0.5) is 11.4 Å². The standard InChI is InChI=1S/C8H8N2O2.C8H9NO/c11-9-10-5-6-12-8-4-2-1-3-7(8)10;1-2-4-8-7(3-1)9-5-6-10-8/h1-4H,5-6H2;1-4,9H,5-6H2. The average molecular weight is 299 g/mol. The number of benzene rings is 2. The molecule has 2 aromatic rings. The predicted molar refractivity (Wildman–Crippen MR) is 85.5 cm³/mol. The van der Waals surface area contributed by atoms with E-state index in [4.69, 9.17) is 9.47 Å². The van der Waals surface area contributed by atoms with Crippen molar-refractivity contribution in [1.29, 1.82) is 0 Å². The second kappa shape index (κ2) is 6.80. The molecule has 22 heavy (non-hydrogen) atoms. The van der Waals surface area contributed by atoms with E-state index >= 15 is 0 Å². The maximum absolute atomic E-state index is 10.3. The highest BCUT2D eigenvalue weighted by Gasteiger charge is 2.17. The molecule has 1 N–H and O–H groups in total. The lowest BCUT2D eigenvalue weighted by atomic mass is 10.2. The zero-order chi connectivity index (χ0) is 15.2. The van der Waals surface area contributed by atoms with Crippen molar-refractivity contribution in [3.8, 4) is 11.5 Å². The second-order valence-electron chi connectivity index (χ2n) is 4.79. The SMILES string of the molecule is O=NN1CCOc2ccccc21.c1ccc2c(c1)NCCO2. The van der Waals surface area contributed by atoms with Crippen molar-refractivity contribution in [3.05, 3.63) is 53.4 Å². The lowest BCUT2D eigenvalue weighted by Crippen LogP contribution is -2.27. The Morgan fingerprint density at radius 2 is 1.68 bits per heavy atom. The van der Waals surface area contributed by atoms with Gasteiger partial charge in [0.15, 0.2) is 0 Å². The summed E-state index contributed by atoms with van der Waals surface area (Å²) >= 11 is 0. The first kappa shape index (κ1) is 14.2. The lowest BCUT2D eigenvalue weighted by Gasteiger charge is -2.23. The van der Waals surface area contributed by atoms with Crippen LogP contribution in [0.15, 0.2) is 53.8 Å². The van der Waals surface area contributed by atoms with Crippen LogP contribution in [0.2, 0.25) is 0 Å². The molecule has 2 aliphatic rings. The van der Waals surface area contributed by atoms with Gasteiger partial charge in [-0.1, -0.05) is 24.3 Å². The van der Waals surface area contributed by atoms with Crippen LogP contribution in [0.3, 0.4) is 0 Å². The summed E-state index contributed by atoms with van der Waals surface area (Å²) < 4.78 is 10.7. The molecule has 0 radical (unpaired) electrons. The van der Waals surface area contributed by atoms with Crippen LogP contribution in [0.25, 0.3) is 0 Å². The molecule has 6 nitrogen and oxygen atoms in total. The summed E-state index contributed by atoms with van der Waals surface area (Å²) in [6.45, 7) is 2.73. The Hall–Kier alpha value is -2.76. The number of hydrogen-bond donors (Lipinski definition) is 1. The average Bonchev–Trinajstić information content (AvgIpc) is 2.62. The molecular weight excluding hydrogens is 282 g/mol. The maximum atomic E-state index is 10.3. The molecule has 0 saturated carbocycles. The first-order valence-electron chi connectivity index (χ1n) is 7.17. The third-order valence-electron chi connectivity index (χ3n) is 3.36. The molecule has 0 aromatic heterocycles. The second-order valence-corrected chi connectivity index (χ2v) is 4.79. The van der Waals surface area contributed by atoms with Gasteiger partial charge in [0.1, 0.15) is 30.4 Å². The van der Waals surface area contributed by atoms with Crippen LogP contribution in [0.5, 0.6) is 11.5 Å². The first-order chi connectivity index (χ1) is 10.9. The van der Waals surface area contributed by atoms with Gasteiger partial charge in [-0.05, 0) is 24.3 Å². The summed E-state index contributed by atoms with van der Waals surface area (Å²) in [6.07, 6.45) is 0. The molecule has 0 unspecified atom stereocenters. The van der Waals surface area contributed by atoms with Crippen LogP contribution in [-0.4, -0.2) is 26.3 Å². The number of nitroso groups, excluding NO2 is 1. The zero-order valence-corrected chi connectivity index (χ0v) is 12.1. The monoisotopic (exact) mass is 299 g/mol. The third kappa shape index (κ3) is 3.11. The molecule has 4 rings (SSSR count). The smallest absolute Gasteiger partial charge is 0.144 e. The van der Waals surface area contributed by atoms with E-state index in [1.54, 1.807) is 0 Å². The number of hydrogen-bond acceptors (Lipinski definition) is 5. The van der Waals surface area contributed by atoms with Crippen LogP contribution in [0.1, 0.15) is 0 Å². The van der Waals surface area contributed by atoms with Gasteiger partial charge in [0.2, 0.25) is 0 Å². The lowest BCUT2D eigenvalue weighted by molar-refractivity contribution is 0.308. The minimum Gasteiger partial charge on any atom is -0.490 e. The minimum absolute atomic E-state index is 0.517. The maximum Gasteiger partial charge on any atom is 0.144 e. The number of para-hydroxylation sites is 4. The number of nitrogens with one attached hydrogen (secondary N) is 1. The Labute approximate surface area is 128 Å². The van der Waals surface area contributed by atoms with Crippen molar-refractivity contribution in [2.45, 2.75) is 0 Å². The summed E-state index contributed by atoms with van der Waals surface area (Å²) in [5, 5.41) is 7.53. The molecule has 2 aliphatic heterocycles. The van der Waals surface area contributed by atoms with Crippen molar-refractivity contribution in [3.63, 3.8) is 0 Å². The molecule has 2 heterocycles. The number of fused-ring (bicyclic) bond motifs is 2. The van der Waals surface area contributed by atoms with Gasteiger partial charge in [-0.25, -0.2) is 5.01 Å². The highest BCUT2D eigenvalue weighted by atomic mass is 16.5. The highest BCUT2D eigenvalue weighted by Crippen LogP contribution is 2.30. The van der Waals surface area contributed by atoms with Crippen LogP contribution in [-0.2, 0) is 0 Å². The van der Waals surface area contributed by atoms with Crippen molar-refractivity contribution in [2.75, 3.05) is 36.6 Å². The van der Waals surface area contributed by atoms with E-state index in [0.29, 0.717) is 13.2 Å². The molecule has 0 saturated heterocycles. The van der Waals surface area contributed by atoms with Gasteiger partial charge in [-0.3, -0.25) is 0 Å². The number of anilines is 2. The highest BCUT2D eigenvalue weighted by molar-refractivity contribution is 5.59. The number of nitrogens with zero attached hydrogens (tertiary/aromatic N) is 2. The summed E-state index contributed by atoms with van der Waals surface area (Å²) in [6, 6.07) is 15.3. The van der Waals surface area contributed by atoms with E-state index in [-0.39, 0.29) is 0 Å². The Bertz CT molecular complexity index is 623. The van der Waals surface area contributed by atoms with Crippen molar-refractivity contribution >= 4 is 11.4 Å². The van der Waals surface area contributed by atoms with Gasteiger partial charge in [0.05, 0.1) is 17.5 Å². The first-order valence-corrected chi connectivity index (χ1v) is 7.17. The van der Waals surface area contributed by atoms with Gasteiger partial charge < -0.3 is 14.8 Å². The van der Waals surface area contributed by atoms with Crippen LogP contribution < -0.4 is 19.8 Å². The molecular formula is C16H17N3O3. The van der Waals surface area contributed by atoms with Gasteiger partial charge in [0, 0.05) is 6.54 Å². The number of ether oxygens (including phenoxy) is 2. The van der Waals surface area contributed by atoms with Crippen molar-refractivity contribution in [2.24, 2.45) is 5.29 Å². The zero-order valence-electron chi connectivity index (χ0n) is 12.1. The molecule has 0 fully saturated rings. The molecule has 6 heteroatoms. The van der Waals surface area contributed by atoms with E-state index in [1.165, 1.54) is 5.01 Å². The summed E-state index contributed by atoms with van der Waals surface area (Å²) in [5.74, 6) is 1.69. The fraction of sp³-hybridized carbons (Fsp3) is 0.250. The normalized spacial score (nSPS) is 14.8. The van der Waals surface area contributed by atoms with Gasteiger partial charge in [-0.2, -0.15) is 0 Å². The van der Waals surface area contributed by atoms with E-state index in [0.717, 1.165) is 36.0 Å². The van der Waals surface area contributed by atoms with Crippen molar-refractivity contribution in [1.82, 2.24) is 0 Å². The van der Waals surface area contributed by atoms with Gasteiger partial charge >= 0.3 is 0 Å². The summed E-state index contributed by atoms with van der Waals surface area (Å²) in [4.78, 5) is 10.3. The molecule has 114 valence electrons. The van der Waals surface area contributed by atoms with E-state index in [2.05, 4.69) is 10.6 Å². The largest absolute Gasteiger partial charge is 0.490 e. The Balaban J connectivity index is 0.000000133. The van der Waals surface area contributed by atoms with Gasteiger partial charge in [0.25, 0.3) is 0 Å². The predicted octanol–water partition coefficient (Wildman–Crippen LogP) is 3.06. The molecule has 0 atom stereocenters. The Morgan fingerprint density at radius 3 is 2.50 bits per heavy atom.